The van der Waals surface area contributed by atoms with Crippen molar-refractivity contribution in [1.29, 1.82) is 0 Å². The fourth-order valence-corrected chi connectivity index (χ4v) is 2.38. The summed E-state index contributed by atoms with van der Waals surface area (Å²) in [6, 6.07) is 5.89. The fourth-order valence-electron chi connectivity index (χ4n) is 1.93. The molecule has 8 heteroatoms. The summed E-state index contributed by atoms with van der Waals surface area (Å²) in [5.74, 6) is 0.0517. The van der Waals surface area contributed by atoms with Crippen molar-refractivity contribution in [3.63, 3.8) is 0 Å². The standard InChI is InChI=1S/C15H14BrN3O4/c1-3-23-13-5-4-10(7-12(13)19(21)22)15(20)18-14-9(2)6-11(16)8-17-14/h4-8H,3H2,1-2H3,(H,17,18,20). The third-order valence-electron chi connectivity index (χ3n) is 2.99. The van der Waals surface area contributed by atoms with Crippen molar-refractivity contribution in [1.82, 2.24) is 4.98 Å². The summed E-state index contributed by atoms with van der Waals surface area (Å²) in [4.78, 5) is 26.9. The van der Waals surface area contributed by atoms with Gasteiger partial charge in [-0.2, -0.15) is 0 Å². The van der Waals surface area contributed by atoms with Crippen LogP contribution in [0.15, 0.2) is 34.9 Å². The zero-order valence-corrected chi connectivity index (χ0v) is 14.1. The number of anilines is 1. The minimum absolute atomic E-state index is 0.131. The van der Waals surface area contributed by atoms with E-state index in [1.165, 1.54) is 18.2 Å². The molecule has 1 N–H and O–H groups in total. The van der Waals surface area contributed by atoms with E-state index in [0.29, 0.717) is 12.4 Å². The van der Waals surface area contributed by atoms with Crippen LogP contribution in [0.25, 0.3) is 0 Å². The minimum Gasteiger partial charge on any atom is -0.487 e. The normalized spacial score (nSPS) is 10.2. The number of hydrogen-bond donors (Lipinski definition) is 1. The molecule has 0 bridgehead atoms. The molecule has 2 rings (SSSR count). The number of pyridine rings is 1. The number of ether oxygens (including phenoxy) is 1. The molecule has 0 spiro atoms. The second-order valence-electron chi connectivity index (χ2n) is 4.65. The number of carbonyl (C=O) groups excluding carboxylic acids is 1. The van der Waals surface area contributed by atoms with E-state index in [0.717, 1.165) is 10.0 Å². The van der Waals surface area contributed by atoms with Crippen molar-refractivity contribution in [3.05, 3.63) is 56.2 Å². The van der Waals surface area contributed by atoms with Gasteiger partial charge in [-0.25, -0.2) is 4.98 Å². The zero-order valence-electron chi connectivity index (χ0n) is 12.5. The van der Waals surface area contributed by atoms with Gasteiger partial charge in [0.15, 0.2) is 5.75 Å². The van der Waals surface area contributed by atoms with Gasteiger partial charge in [0.2, 0.25) is 0 Å². The molecule has 2 aromatic rings. The number of aromatic nitrogens is 1. The van der Waals surface area contributed by atoms with Crippen LogP contribution in [0, 0.1) is 17.0 Å². The first kappa shape index (κ1) is 16.9. The van der Waals surface area contributed by atoms with Crippen molar-refractivity contribution in [2.75, 3.05) is 11.9 Å². The van der Waals surface area contributed by atoms with E-state index < -0.39 is 10.8 Å². The van der Waals surface area contributed by atoms with Gasteiger partial charge in [-0.05, 0) is 53.5 Å². The Bertz CT molecular complexity index is 764. The molecule has 1 amide bonds. The van der Waals surface area contributed by atoms with Crippen molar-refractivity contribution in [2.24, 2.45) is 0 Å². The first-order valence-corrected chi connectivity index (χ1v) is 7.56. The summed E-state index contributed by atoms with van der Waals surface area (Å²) in [7, 11) is 0. The molecule has 0 unspecified atom stereocenters. The topological polar surface area (TPSA) is 94.4 Å². The third-order valence-corrected chi connectivity index (χ3v) is 3.43. The number of nitrogens with one attached hydrogen (secondary N) is 1. The molecule has 1 aromatic heterocycles. The highest BCUT2D eigenvalue weighted by atomic mass is 79.9. The van der Waals surface area contributed by atoms with Crippen LogP contribution in [0.2, 0.25) is 0 Å². The average molecular weight is 380 g/mol. The first-order chi connectivity index (χ1) is 10.9. The van der Waals surface area contributed by atoms with Gasteiger partial charge >= 0.3 is 5.69 Å². The van der Waals surface area contributed by atoms with Gasteiger partial charge < -0.3 is 10.1 Å². The van der Waals surface area contributed by atoms with Gasteiger partial charge in [0.25, 0.3) is 5.91 Å². The Morgan fingerprint density at radius 2 is 2.17 bits per heavy atom. The average Bonchev–Trinajstić information content (AvgIpc) is 2.50. The van der Waals surface area contributed by atoms with Gasteiger partial charge in [-0.3, -0.25) is 14.9 Å². The molecule has 0 saturated heterocycles. The lowest BCUT2D eigenvalue weighted by Crippen LogP contribution is -2.14. The summed E-state index contributed by atoms with van der Waals surface area (Å²) in [5.41, 5.74) is 0.678. The number of nitro benzene ring substituents is 1. The molecule has 0 fully saturated rings. The van der Waals surface area contributed by atoms with E-state index in [2.05, 4.69) is 26.2 Å². The van der Waals surface area contributed by atoms with Crippen molar-refractivity contribution >= 4 is 33.3 Å². The predicted molar refractivity (Wildman–Crippen MR) is 88.9 cm³/mol. The van der Waals surface area contributed by atoms with Crippen LogP contribution in [-0.4, -0.2) is 22.4 Å². The van der Waals surface area contributed by atoms with Crippen LogP contribution in [0.5, 0.6) is 5.75 Å². The van der Waals surface area contributed by atoms with Crippen LogP contribution in [0.1, 0.15) is 22.8 Å². The highest BCUT2D eigenvalue weighted by Crippen LogP contribution is 2.28. The number of carbonyl (C=O) groups is 1. The van der Waals surface area contributed by atoms with Gasteiger partial charge in [-0.15, -0.1) is 0 Å². The number of benzene rings is 1. The smallest absolute Gasteiger partial charge is 0.311 e. The fraction of sp³-hybridized carbons (Fsp3) is 0.200. The highest BCUT2D eigenvalue weighted by Gasteiger charge is 2.19. The molecule has 0 aliphatic carbocycles. The maximum atomic E-state index is 12.3. The van der Waals surface area contributed by atoms with Crippen LogP contribution in [0.3, 0.4) is 0 Å². The number of nitro groups is 1. The Morgan fingerprint density at radius 1 is 1.43 bits per heavy atom. The number of rotatable bonds is 5. The second-order valence-corrected chi connectivity index (χ2v) is 5.56. The van der Waals surface area contributed by atoms with E-state index in [9.17, 15) is 14.9 Å². The van der Waals surface area contributed by atoms with E-state index in [1.807, 2.05) is 6.07 Å². The summed E-state index contributed by atoms with van der Waals surface area (Å²) in [5, 5.41) is 13.7. The van der Waals surface area contributed by atoms with Gasteiger partial charge in [0, 0.05) is 22.3 Å². The molecule has 0 saturated carbocycles. The highest BCUT2D eigenvalue weighted by molar-refractivity contribution is 9.10. The molecule has 120 valence electrons. The lowest BCUT2D eigenvalue weighted by molar-refractivity contribution is -0.385. The maximum Gasteiger partial charge on any atom is 0.311 e. The maximum absolute atomic E-state index is 12.3. The largest absolute Gasteiger partial charge is 0.487 e. The van der Waals surface area contributed by atoms with E-state index in [4.69, 9.17) is 4.74 Å². The van der Waals surface area contributed by atoms with Crippen LogP contribution in [-0.2, 0) is 0 Å². The Morgan fingerprint density at radius 3 is 2.78 bits per heavy atom. The Hall–Kier alpha value is -2.48. The quantitative estimate of drug-likeness (QED) is 0.630. The molecule has 0 radical (unpaired) electrons. The molecule has 0 aliphatic rings. The molecular formula is C15H14BrN3O4. The van der Waals surface area contributed by atoms with Gasteiger partial charge in [-0.1, -0.05) is 0 Å². The molecule has 0 aliphatic heterocycles. The molecule has 23 heavy (non-hydrogen) atoms. The van der Waals surface area contributed by atoms with Crippen molar-refractivity contribution in [2.45, 2.75) is 13.8 Å². The number of hydrogen-bond acceptors (Lipinski definition) is 5. The third kappa shape index (κ3) is 4.04. The molecule has 1 heterocycles. The molecule has 7 nitrogen and oxygen atoms in total. The number of nitrogens with zero attached hydrogens (tertiary/aromatic N) is 2. The van der Waals surface area contributed by atoms with E-state index in [1.54, 1.807) is 20.0 Å². The number of halogens is 1. The van der Waals surface area contributed by atoms with Gasteiger partial charge in [0.1, 0.15) is 5.82 Å². The van der Waals surface area contributed by atoms with E-state index >= 15 is 0 Å². The van der Waals surface area contributed by atoms with Crippen molar-refractivity contribution in [3.8, 4) is 5.75 Å². The lowest BCUT2D eigenvalue weighted by Gasteiger charge is -2.09. The first-order valence-electron chi connectivity index (χ1n) is 6.77. The number of aryl methyl sites for hydroxylation is 1. The summed E-state index contributed by atoms with van der Waals surface area (Å²) in [6.07, 6.45) is 1.56. The minimum atomic E-state index is -0.578. The van der Waals surface area contributed by atoms with Crippen molar-refractivity contribution < 1.29 is 14.5 Å². The molecule has 0 atom stereocenters. The molecular weight excluding hydrogens is 366 g/mol. The SMILES string of the molecule is CCOc1ccc(C(=O)Nc2ncc(Br)cc2C)cc1[N+](=O)[O-]. The Labute approximate surface area is 141 Å². The van der Waals surface area contributed by atoms with Crippen LogP contribution >= 0.6 is 15.9 Å². The summed E-state index contributed by atoms with van der Waals surface area (Å²) in [6.45, 7) is 3.83. The van der Waals surface area contributed by atoms with Crippen LogP contribution < -0.4 is 10.1 Å². The van der Waals surface area contributed by atoms with E-state index in [-0.39, 0.29) is 17.0 Å². The Kier molecular flexibility index (Phi) is 5.28. The van der Waals surface area contributed by atoms with Crippen LogP contribution in [0.4, 0.5) is 11.5 Å². The summed E-state index contributed by atoms with van der Waals surface area (Å²) >= 11 is 3.29. The Balaban J connectivity index is 2.28. The predicted octanol–water partition coefficient (Wildman–Crippen LogP) is 3.71. The molecule has 1 aromatic carbocycles. The second kappa shape index (κ2) is 7.19. The lowest BCUT2D eigenvalue weighted by atomic mass is 10.1. The van der Waals surface area contributed by atoms with Gasteiger partial charge in [0.05, 0.1) is 11.5 Å². The monoisotopic (exact) mass is 379 g/mol. The zero-order chi connectivity index (χ0) is 17.0. The summed E-state index contributed by atoms with van der Waals surface area (Å²) < 4.78 is 5.99. The number of amides is 1.